The van der Waals surface area contributed by atoms with Gasteiger partial charge in [0.1, 0.15) is 0 Å². The molecule has 0 heterocycles. The summed E-state index contributed by atoms with van der Waals surface area (Å²) in [4.78, 5) is 2.06. The van der Waals surface area contributed by atoms with Crippen LogP contribution >= 0.6 is 0 Å². The van der Waals surface area contributed by atoms with Crippen LogP contribution in [0.1, 0.15) is 11.1 Å². The Morgan fingerprint density at radius 2 is 1.12 bits per heavy atom. The van der Waals surface area contributed by atoms with Crippen molar-refractivity contribution >= 4 is 17.1 Å². The molecule has 3 rings (SSSR count). The van der Waals surface area contributed by atoms with Crippen molar-refractivity contribution in [2.24, 2.45) is 10.2 Å². The highest BCUT2D eigenvalue weighted by molar-refractivity contribution is 5.52. The average molecular weight is 315 g/mol. The molecule has 0 spiro atoms. The van der Waals surface area contributed by atoms with Crippen molar-refractivity contribution in [3.05, 3.63) is 90.0 Å². The molecule has 24 heavy (non-hydrogen) atoms. The number of hydrogen-bond donors (Lipinski definition) is 0. The molecule has 0 radical (unpaired) electrons. The van der Waals surface area contributed by atoms with Crippen LogP contribution in [0.25, 0.3) is 0 Å². The van der Waals surface area contributed by atoms with Crippen LogP contribution in [0.2, 0.25) is 0 Å². The van der Waals surface area contributed by atoms with Gasteiger partial charge in [-0.15, -0.1) is 0 Å². The van der Waals surface area contributed by atoms with Crippen molar-refractivity contribution in [1.82, 2.24) is 0 Å². The van der Waals surface area contributed by atoms with Crippen LogP contribution in [0.3, 0.4) is 0 Å². The van der Waals surface area contributed by atoms with Gasteiger partial charge in [-0.2, -0.15) is 10.2 Å². The molecule has 0 aliphatic carbocycles. The van der Waals surface area contributed by atoms with Crippen LogP contribution in [0.5, 0.6) is 0 Å². The van der Waals surface area contributed by atoms with Gasteiger partial charge < -0.3 is 4.90 Å². The van der Waals surface area contributed by atoms with Crippen LogP contribution in [-0.4, -0.2) is 14.1 Å². The predicted molar refractivity (Wildman–Crippen MR) is 101 cm³/mol. The summed E-state index contributed by atoms with van der Waals surface area (Å²) in [5.74, 6) is 0. The van der Waals surface area contributed by atoms with Gasteiger partial charge >= 0.3 is 0 Å². The summed E-state index contributed by atoms with van der Waals surface area (Å²) >= 11 is 0. The molecule has 3 aromatic rings. The normalized spacial score (nSPS) is 10.9. The minimum absolute atomic E-state index is 0.856. The van der Waals surface area contributed by atoms with Crippen LogP contribution in [-0.2, 0) is 6.42 Å². The topological polar surface area (TPSA) is 28.0 Å². The van der Waals surface area contributed by atoms with E-state index in [0.717, 1.165) is 23.5 Å². The van der Waals surface area contributed by atoms with Gasteiger partial charge in [-0.1, -0.05) is 42.5 Å². The zero-order valence-electron chi connectivity index (χ0n) is 14.1. The first kappa shape index (κ1) is 15.9. The highest BCUT2D eigenvalue weighted by atomic mass is 15.1. The quantitative estimate of drug-likeness (QED) is 0.550. The molecule has 120 valence electrons. The lowest BCUT2D eigenvalue weighted by Gasteiger charge is -2.11. The molecule has 0 atom stereocenters. The van der Waals surface area contributed by atoms with E-state index in [9.17, 15) is 0 Å². The van der Waals surface area contributed by atoms with Crippen LogP contribution in [0, 0.1) is 0 Å². The van der Waals surface area contributed by atoms with Crippen molar-refractivity contribution in [2.75, 3.05) is 19.0 Å². The number of azo groups is 1. The van der Waals surface area contributed by atoms with E-state index in [1.807, 2.05) is 56.6 Å². The van der Waals surface area contributed by atoms with Gasteiger partial charge in [0.25, 0.3) is 0 Å². The van der Waals surface area contributed by atoms with Gasteiger partial charge in [0.05, 0.1) is 11.4 Å². The predicted octanol–water partition coefficient (Wildman–Crippen LogP) is 5.76. The fourth-order valence-electron chi connectivity index (χ4n) is 2.44. The molecule has 0 N–H and O–H groups in total. The first-order valence-corrected chi connectivity index (χ1v) is 8.03. The van der Waals surface area contributed by atoms with Gasteiger partial charge in [0, 0.05) is 19.8 Å². The molecule has 3 heteroatoms. The van der Waals surface area contributed by atoms with Crippen molar-refractivity contribution in [2.45, 2.75) is 6.42 Å². The van der Waals surface area contributed by atoms with Gasteiger partial charge in [-0.05, 0) is 53.9 Å². The van der Waals surface area contributed by atoms with Crippen molar-refractivity contribution in [1.29, 1.82) is 0 Å². The van der Waals surface area contributed by atoms with Gasteiger partial charge in [0.15, 0.2) is 0 Å². The minimum Gasteiger partial charge on any atom is -0.378 e. The van der Waals surface area contributed by atoms with Crippen molar-refractivity contribution in [3.63, 3.8) is 0 Å². The second kappa shape index (κ2) is 7.55. The minimum atomic E-state index is 0.856. The molecule has 0 bridgehead atoms. The molecule has 0 amide bonds. The first-order valence-electron chi connectivity index (χ1n) is 8.03. The van der Waals surface area contributed by atoms with E-state index in [1.165, 1.54) is 11.1 Å². The number of benzene rings is 3. The molecule has 3 nitrogen and oxygen atoms in total. The Balaban J connectivity index is 1.65. The Morgan fingerprint density at radius 3 is 1.67 bits per heavy atom. The van der Waals surface area contributed by atoms with Crippen molar-refractivity contribution in [3.8, 4) is 0 Å². The van der Waals surface area contributed by atoms with E-state index in [2.05, 4.69) is 51.5 Å². The Morgan fingerprint density at radius 1 is 0.625 bits per heavy atom. The second-order valence-electron chi connectivity index (χ2n) is 5.94. The Kier molecular flexibility index (Phi) is 5.02. The zero-order valence-corrected chi connectivity index (χ0v) is 14.1. The Hall–Kier alpha value is -2.94. The monoisotopic (exact) mass is 315 g/mol. The molecule has 0 saturated carbocycles. The lowest BCUT2D eigenvalue weighted by Crippen LogP contribution is -2.07. The number of rotatable bonds is 5. The third-order valence-electron chi connectivity index (χ3n) is 3.83. The molecule has 0 unspecified atom stereocenters. The highest BCUT2D eigenvalue weighted by Crippen LogP contribution is 2.22. The van der Waals surface area contributed by atoms with Crippen LogP contribution in [0.15, 0.2) is 89.1 Å². The fraction of sp³-hybridized carbons (Fsp3) is 0.143. The maximum atomic E-state index is 4.31. The van der Waals surface area contributed by atoms with Crippen molar-refractivity contribution < 1.29 is 0 Å². The summed E-state index contributed by atoms with van der Waals surface area (Å²) in [5.41, 5.74) is 5.46. The Bertz CT molecular complexity index is 789. The highest BCUT2D eigenvalue weighted by Gasteiger charge is 1.97. The fourth-order valence-corrected chi connectivity index (χ4v) is 2.44. The maximum absolute atomic E-state index is 4.31. The average Bonchev–Trinajstić information content (AvgIpc) is 2.62. The zero-order chi connectivity index (χ0) is 16.8. The molecule has 3 aromatic carbocycles. The summed E-state index contributed by atoms with van der Waals surface area (Å²) in [6.45, 7) is 0. The third kappa shape index (κ3) is 4.29. The van der Waals surface area contributed by atoms with Gasteiger partial charge in [-0.25, -0.2) is 0 Å². The second-order valence-corrected chi connectivity index (χ2v) is 5.94. The standard InChI is InChI=1S/C21H21N3/c1-24(2)21-14-12-20(13-15-21)23-22-19-10-8-18(9-11-19)16-17-6-4-3-5-7-17/h3-15H,16H2,1-2H3. The van der Waals surface area contributed by atoms with E-state index in [4.69, 9.17) is 0 Å². The summed E-state index contributed by atoms with van der Waals surface area (Å²) in [5, 5.41) is 8.61. The smallest absolute Gasteiger partial charge is 0.0858 e. The van der Waals surface area contributed by atoms with Crippen LogP contribution < -0.4 is 4.90 Å². The summed E-state index contributed by atoms with van der Waals surface area (Å²) in [7, 11) is 4.04. The summed E-state index contributed by atoms with van der Waals surface area (Å²) < 4.78 is 0. The largest absolute Gasteiger partial charge is 0.378 e. The Labute approximate surface area is 143 Å². The molecule has 0 aliphatic heterocycles. The maximum Gasteiger partial charge on any atom is 0.0858 e. The van der Waals surface area contributed by atoms with Gasteiger partial charge in [0.2, 0.25) is 0 Å². The van der Waals surface area contributed by atoms with E-state index >= 15 is 0 Å². The van der Waals surface area contributed by atoms with E-state index < -0.39 is 0 Å². The van der Waals surface area contributed by atoms with Gasteiger partial charge in [-0.3, -0.25) is 0 Å². The summed E-state index contributed by atoms with van der Waals surface area (Å²) in [6.07, 6.45) is 0.935. The first-order chi connectivity index (χ1) is 11.7. The molecule has 0 aliphatic rings. The SMILES string of the molecule is CN(C)c1ccc(N=Nc2ccc(Cc3ccccc3)cc2)cc1. The lowest BCUT2D eigenvalue weighted by molar-refractivity contribution is 1.13. The van der Waals surface area contributed by atoms with E-state index in [-0.39, 0.29) is 0 Å². The number of anilines is 1. The molecule has 0 fully saturated rings. The summed E-state index contributed by atoms with van der Waals surface area (Å²) in [6, 6.07) is 26.7. The van der Waals surface area contributed by atoms with E-state index in [0.29, 0.717) is 0 Å². The number of nitrogens with zero attached hydrogens (tertiary/aromatic N) is 3. The molecule has 0 saturated heterocycles. The molecular weight excluding hydrogens is 294 g/mol. The van der Waals surface area contributed by atoms with E-state index in [1.54, 1.807) is 0 Å². The lowest BCUT2D eigenvalue weighted by atomic mass is 10.1. The number of hydrogen-bond acceptors (Lipinski definition) is 3. The molecule has 0 aromatic heterocycles. The third-order valence-corrected chi connectivity index (χ3v) is 3.83. The molecular formula is C21H21N3. The van der Waals surface area contributed by atoms with Crippen LogP contribution in [0.4, 0.5) is 17.1 Å².